The second-order valence-electron chi connectivity index (χ2n) is 8.86. The van der Waals surface area contributed by atoms with E-state index >= 15 is 0 Å². The molecule has 10 nitrogen and oxygen atoms in total. The summed E-state index contributed by atoms with van der Waals surface area (Å²) in [7, 11) is 0. The highest BCUT2D eigenvalue weighted by atomic mass is 35.5. The quantitative estimate of drug-likeness (QED) is 0.281. The SMILES string of the molecule is CC(C)(C)OC(=O)NC(C(=O)Nc1cc(-c2nc(N)nc3ccc(Cl)cc23)ccc1Cl)c1cnc[nH]1. The lowest BCUT2D eigenvalue weighted by Crippen LogP contribution is -2.40. The minimum Gasteiger partial charge on any atom is -0.444 e. The normalized spacial score (nSPS) is 12.2. The van der Waals surface area contributed by atoms with E-state index in [1.54, 1.807) is 57.2 Å². The smallest absolute Gasteiger partial charge is 0.408 e. The summed E-state index contributed by atoms with van der Waals surface area (Å²) in [5.74, 6) is -0.486. The third-order valence-corrected chi connectivity index (χ3v) is 5.49. The molecule has 2 heterocycles. The summed E-state index contributed by atoms with van der Waals surface area (Å²) < 4.78 is 5.30. The van der Waals surface area contributed by atoms with Crippen LogP contribution in [0.1, 0.15) is 32.5 Å². The number of fused-ring (bicyclic) bond motifs is 1. The van der Waals surface area contributed by atoms with Crippen LogP contribution in [0.2, 0.25) is 10.0 Å². The van der Waals surface area contributed by atoms with E-state index in [1.807, 2.05) is 0 Å². The average molecular weight is 528 g/mol. The van der Waals surface area contributed by atoms with Crippen molar-refractivity contribution in [3.8, 4) is 11.3 Å². The molecule has 0 bridgehead atoms. The van der Waals surface area contributed by atoms with Gasteiger partial charge in [-0.05, 0) is 51.1 Å². The number of nitrogen functional groups attached to an aromatic ring is 1. The number of ether oxygens (including phenoxy) is 1. The van der Waals surface area contributed by atoms with E-state index in [9.17, 15) is 9.59 Å². The fraction of sp³-hybridized carbons (Fsp3) is 0.208. The number of nitrogens with one attached hydrogen (secondary N) is 3. The van der Waals surface area contributed by atoms with Gasteiger partial charge in [-0.1, -0.05) is 29.3 Å². The maximum absolute atomic E-state index is 13.3. The van der Waals surface area contributed by atoms with E-state index in [1.165, 1.54) is 12.5 Å². The van der Waals surface area contributed by atoms with E-state index in [2.05, 4.69) is 30.6 Å². The van der Waals surface area contributed by atoms with Gasteiger partial charge < -0.3 is 26.1 Å². The molecular formula is C24H23Cl2N7O3. The first-order valence-corrected chi connectivity index (χ1v) is 11.6. The molecule has 1 atom stereocenters. The van der Waals surface area contributed by atoms with Crippen LogP contribution in [0.15, 0.2) is 48.9 Å². The summed E-state index contributed by atoms with van der Waals surface area (Å²) in [4.78, 5) is 41.1. The van der Waals surface area contributed by atoms with Gasteiger partial charge in [0.05, 0.1) is 40.1 Å². The molecule has 4 rings (SSSR count). The first-order valence-electron chi connectivity index (χ1n) is 10.8. The van der Waals surface area contributed by atoms with Gasteiger partial charge in [0, 0.05) is 16.0 Å². The lowest BCUT2D eigenvalue weighted by atomic mass is 10.1. The maximum atomic E-state index is 13.3. The monoisotopic (exact) mass is 527 g/mol. The Morgan fingerprint density at radius 3 is 2.58 bits per heavy atom. The molecule has 0 saturated heterocycles. The number of alkyl carbamates (subject to hydrolysis) is 1. The van der Waals surface area contributed by atoms with E-state index in [0.717, 1.165) is 0 Å². The van der Waals surface area contributed by atoms with Crippen molar-refractivity contribution in [3.63, 3.8) is 0 Å². The number of nitrogens with two attached hydrogens (primary N) is 1. The molecule has 5 N–H and O–H groups in total. The van der Waals surface area contributed by atoms with Gasteiger partial charge in [-0.3, -0.25) is 4.79 Å². The average Bonchev–Trinajstić information content (AvgIpc) is 3.32. The van der Waals surface area contributed by atoms with E-state index in [0.29, 0.717) is 38.6 Å². The van der Waals surface area contributed by atoms with Crippen LogP contribution >= 0.6 is 23.2 Å². The Labute approximate surface area is 216 Å². The van der Waals surface area contributed by atoms with Gasteiger partial charge in [0.25, 0.3) is 5.91 Å². The zero-order chi connectivity index (χ0) is 26.0. The van der Waals surface area contributed by atoms with Crippen molar-refractivity contribution < 1.29 is 14.3 Å². The molecule has 0 aliphatic carbocycles. The van der Waals surface area contributed by atoms with Gasteiger partial charge >= 0.3 is 6.09 Å². The lowest BCUT2D eigenvalue weighted by molar-refractivity contribution is -0.118. The zero-order valence-corrected chi connectivity index (χ0v) is 21.1. The van der Waals surface area contributed by atoms with Gasteiger partial charge in [0.2, 0.25) is 5.95 Å². The number of halogens is 2. The number of hydrogen-bond acceptors (Lipinski definition) is 7. The van der Waals surface area contributed by atoms with Crippen LogP contribution in [0, 0.1) is 0 Å². The van der Waals surface area contributed by atoms with Crippen LogP contribution in [0.4, 0.5) is 16.4 Å². The van der Waals surface area contributed by atoms with E-state index in [4.69, 9.17) is 33.7 Å². The second-order valence-corrected chi connectivity index (χ2v) is 9.71. The number of carbonyl (C=O) groups excluding carboxylic acids is 2. The Bertz CT molecular complexity index is 1440. The molecule has 4 aromatic rings. The Hall–Kier alpha value is -3.89. The topological polar surface area (TPSA) is 148 Å². The van der Waals surface area contributed by atoms with Gasteiger partial charge in [-0.25, -0.2) is 19.7 Å². The van der Waals surface area contributed by atoms with Gasteiger partial charge in [-0.2, -0.15) is 0 Å². The molecule has 0 aliphatic rings. The molecular weight excluding hydrogens is 505 g/mol. The number of aromatic nitrogens is 4. The predicted octanol–water partition coefficient (Wildman–Crippen LogP) is 5.11. The highest BCUT2D eigenvalue weighted by Crippen LogP contribution is 2.33. The van der Waals surface area contributed by atoms with Crippen LogP contribution in [0.5, 0.6) is 0 Å². The minimum atomic E-state index is -1.13. The molecule has 186 valence electrons. The number of benzene rings is 2. The first kappa shape index (κ1) is 25.2. The molecule has 0 spiro atoms. The van der Waals surface area contributed by atoms with Crippen molar-refractivity contribution in [3.05, 3.63) is 64.7 Å². The third-order valence-electron chi connectivity index (χ3n) is 4.93. The highest BCUT2D eigenvalue weighted by molar-refractivity contribution is 6.34. The molecule has 2 amide bonds. The molecule has 0 fully saturated rings. The number of H-pyrrole nitrogens is 1. The van der Waals surface area contributed by atoms with E-state index < -0.39 is 23.6 Å². The number of amides is 2. The number of nitrogens with zero attached hydrogens (tertiary/aromatic N) is 3. The standard InChI is InChI=1S/C24H23Cl2N7O3/c1-24(2,3)36-23(35)33-20(18-10-28-11-29-18)21(34)30-17-8-12(4-6-15(17)26)19-14-9-13(25)5-7-16(14)31-22(27)32-19/h4-11,20H,1-3H3,(H,28,29)(H,30,34)(H,33,35)(H2,27,31,32). The fourth-order valence-corrected chi connectivity index (χ4v) is 3.78. The Morgan fingerprint density at radius 2 is 1.89 bits per heavy atom. The van der Waals surface area contributed by atoms with Crippen molar-refractivity contribution in [1.29, 1.82) is 0 Å². The summed E-state index contributed by atoms with van der Waals surface area (Å²) >= 11 is 12.6. The fourth-order valence-electron chi connectivity index (χ4n) is 3.45. The predicted molar refractivity (Wildman–Crippen MR) is 139 cm³/mol. The maximum Gasteiger partial charge on any atom is 0.408 e. The number of carbonyl (C=O) groups is 2. The van der Waals surface area contributed by atoms with Crippen LogP contribution in [0.3, 0.4) is 0 Å². The number of hydrogen-bond donors (Lipinski definition) is 4. The number of anilines is 2. The van der Waals surface area contributed by atoms with Gasteiger partial charge in [-0.15, -0.1) is 0 Å². The molecule has 36 heavy (non-hydrogen) atoms. The Balaban J connectivity index is 1.67. The van der Waals surface area contributed by atoms with Crippen molar-refractivity contribution in [1.82, 2.24) is 25.3 Å². The number of imidazole rings is 1. The van der Waals surface area contributed by atoms with Crippen LogP contribution < -0.4 is 16.4 Å². The minimum absolute atomic E-state index is 0.0845. The molecule has 0 saturated carbocycles. The third kappa shape index (κ3) is 5.84. The summed E-state index contributed by atoms with van der Waals surface area (Å²) in [6, 6.07) is 9.07. The van der Waals surface area contributed by atoms with Crippen molar-refractivity contribution in [2.24, 2.45) is 0 Å². The van der Waals surface area contributed by atoms with Crippen LogP contribution in [0.25, 0.3) is 22.2 Å². The molecule has 2 aromatic carbocycles. The first-order chi connectivity index (χ1) is 17.0. The molecule has 0 radical (unpaired) electrons. The number of rotatable bonds is 5. The summed E-state index contributed by atoms with van der Waals surface area (Å²) in [6.07, 6.45) is 2.06. The Kier molecular flexibility index (Phi) is 7.00. The van der Waals surface area contributed by atoms with Gasteiger partial charge in [0.15, 0.2) is 6.04 Å². The number of aromatic amines is 1. The lowest BCUT2D eigenvalue weighted by Gasteiger charge is -2.23. The second kappa shape index (κ2) is 10.00. The van der Waals surface area contributed by atoms with Crippen molar-refractivity contribution in [2.75, 3.05) is 11.1 Å². The van der Waals surface area contributed by atoms with E-state index in [-0.39, 0.29) is 11.0 Å². The van der Waals surface area contributed by atoms with Crippen molar-refractivity contribution in [2.45, 2.75) is 32.4 Å². The summed E-state index contributed by atoms with van der Waals surface area (Å²) in [5.41, 5.74) is 7.57. The molecule has 1 unspecified atom stereocenters. The zero-order valence-electron chi connectivity index (χ0n) is 19.6. The highest BCUT2D eigenvalue weighted by Gasteiger charge is 2.27. The molecule has 12 heteroatoms. The summed E-state index contributed by atoms with van der Waals surface area (Å²) in [6.45, 7) is 5.17. The van der Waals surface area contributed by atoms with Gasteiger partial charge in [0.1, 0.15) is 5.60 Å². The van der Waals surface area contributed by atoms with Crippen LogP contribution in [-0.2, 0) is 9.53 Å². The summed E-state index contributed by atoms with van der Waals surface area (Å²) in [5, 5.41) is 6.79. The largest absolute Gasteiger partial charge is 0.444 e. The molecule has 0 aliphatic heterocycles. The van der Waals surface area contributed by atoms with Crippen LogP contribution in [-0.4, -0.2) is 37.5 Å². The van der Waals surface area contributed by atoms with Crippen molar-refractivity contribution >= 4 is 57.7 Å². The Morgan fingerprint density at radius 1 is 1.11 bits per heavy atom. The molecule has 2 aromatic heterocycles.